The second-order valence-electron chi connectivity index (χ2n) is 11.3. The zero-order valence-electron chi connectivity index (χ0n) is 24.7. The fourth-order valence-electron chi connectivity index (χ4n) is 5.13. The molecule has 2 heteroatoms. The summed E-state index contributed by atoms with van der Waals surface area (Å²) in [6.45, 7) is 7.49. The van der Waals surface area contributed by atoms with E-state index in [4.69, 9.17) is 4.74 Å². The molecular formula is C33H66O2. The van der Waals surface area contributed by atoms with Gasteiger partial charge in [0, 0.05) is 6.42 Å². The summed E-state index contributed by atoms with van der Waals surface area (Å²) in [5.41, 5.74) is 0. The molecule has 0 bridgehead atoms. The first-order valence-electron chi connectivity index (χ1n) is 16.4. The molecule has 0 spiro atoms. The Morgan fingerprint density at radius 1 is 0.457 bits per heavy atom. The number of ether oxygens (including phenoxy) is 1. The summed E-state index contributed by atoms with van der Waals surface area (Å²) in [5, 5.41) is 0. The molecule has 0 rings (SSSR count). The van der Waals surface area contributed by atoms with Gasteiger partial charge in [-0.25, -0.2) is 0 Å². The summed E-state index contributed by atoms with van der Waals surface area (Å²) in [6.07, 6.45) is 35.4. The van der Waals surface area contributed by atoms with Gasteiger partial charge in [-0.05, 0) is 25.2 Å². The van der Waals surface area contributed by atoms with E-state index in [1.165, 1.54) is 161 Å². The van der Waals surface area contributed by atoms with Gasteiger partial charge in [-0.2, -0.15) is 0 Å². The van der Waals surface area contributed by atoms with Crippen molar-refractivity contribution in [2.24, 2.45) is 5.92 Å². The monoisotopic (exact) mass is 495 g/mol. The minimum atomic E-state index is 0.0456. The summed E-state index contributed by atoms with van der Waals surface area (Å²) in [4.78, 5) is 12.3. The predicted molar refractivity (Wildman–Crippen MR) is 156 cm³/mol. The third-order valence-electron chi connectivity index (χ3n) is 7.65. The highest BCUT2D eigenvalue weighted by molar-refractivity contribution is 5.69. The van der Waals surface area contributed by atoms with Gasteiger partial charge in [-0.15, -0.1) is 0 Å². The molecule has 0 aromatic heterocycles. The van der Waals surface area contributed by atoms with Crippen LogP contribution in [0, 0.1) is 5.92 Å². The van der Waals surface area contributed by atoms with Crippen LogP contribution in [0.4, 0.5) is 0 Å². The van der Waals surface area contributed by atoms with E-state index in [9.17, 15) is 4.79 Å². The lowest BCUT2D eigenvalue weighted by atomic mass is 9.95. The Labute approximate surface area is 222 Å². The van der Waals surface area contributed by atoms with E-state index >= 15 is 0 Å². The summed E-state index contributed by atoms with van der Waals surface area (Å²) in [5.74, 6) is 0.628. The SMILES string of the molecule is CCCCCCCCCCCCCCCCCC(=O)OCC(CCCCCC)CCCCCCC. The van der Waals surface area contributed by atoms with Crippen LogP contribution in [0.1, 0.15) is 194 Å². The van der Waals surface area contributed by atoms with E-state index < -0.39 is 0 Å². The average molecular weight is 495 g/mol. The van der Waals surface area contributed by atoms with E-state index in [1.54, 1.807) is 0 Å². The Hall–Kier alpha value is -0.530. The second kappa shape index (κ2) is 29.7. The molecule has 0 aliphatic rings. The summed E-state index contributed by atoms with van der Waals surface area (Å²) in [6, 6.07) is 0. The van der Waals surface area contributed by atoms with Crippen LogP contribution < -0.4 is 0 Å². The molecule has 1 unspecified atom stereocenters. The molecule has 0 heterocycles. The van der Waals surface area contributed by atoms with Gasteiger partial charge in [0.2, 0.25) is 0 Å². The molecule has 0 aromatic carbocycles. The first kappa shape index (κ1) is 34.5. The highest BCUT2D eigenvalue weighted by atomic mass is 16.5. The molecule has 0 amide bonds. The molecule has 0 aromatic rings. The molecule has 0 radical (unpaired) electrons. The molecule has 0 aliphatic carbocycles. The van der Waals surface area contributed by atoms with Crippen molar-refractivity contribution in [3.63, 3.8) is 0 Å². The Morgan fingerprint density at radius 3 is 1.17 bits per heavy atom. The van der Waals surface area contributed by atoms with Crippen LogP contribution in [0.15, 0.2) is 0 Å². The molecule has 0 N–H and O–H groups in total. The smallest absolute Gasteiger partial charge is 0.305 e. The van der Waals surface area contributed by atoms with Crippen LogP contribution in [0.2, 0.25) is 0 Å². The molecule has 0 saturated carbocycles. The van der Waals surface area contributed by atoms with E-state index in [0.29, 0.717) is 18.9 Å². The lowest BCUT2D eigenvalue weighted by Crippen LogP contribution is -2.14. The largest absolute Gasteiger partial charge is 0.465 e. The molecule has 0 aliphatic heterocycles. The third-order valence-corrected chi connectivity index (χ3v) is 7.65. The standard InChI is InChI=1S/C33H66O2/c1-4-7-10-13-14-15-16-17-18-19-20-21-22-24-27-30-33(34)35-31-32(28-25-12-9-6-3)29-26-23-11-8-5-2/h32H,4-31H2,1-3H3. The summed E-state index contributed by atoms with van der Waals surface area (Å²) in [7, 11) is 0. The lowest BCUT2D eigenvalue weighted by Gasteiger charge is -2.17. The van der Waals surface area contributed by atoms with Gasteiger partial charge in [-0.3, -0.25) is 4.79 Å². The number of carbonyl (C=O) groups excluding carboxylic acids is 1. The highest BCUT2D eigenvalue weighted by Gasteiger charge is 2.12. The van der Waals surface area contributed by atoms with Crippen molar-refractivity contribution < 1.29 is 9.53 Å². The Bertz CT molecular complexity index is 406. The van der Waals surface area contributed by atoms with Gasteiger partial charge in [-0.1, -0.05) is 168 Å². The molecule has 2 nitrogen and oxygen atoms in total. The van der Waals surface area contributed by atoms with E-state index in [2.05, 4.69) is 20.8 Å². The second-order valence-corrected chi connectivity index (χ2v) is 11.3. The van der Waals surface area contributed by atoms with Gasteiger partial charge in [0.05, 0.1) is 6.61 Å². The van der Waals surface area contributed by atoms with Crippen molar-refractivity contribution in [1.82, 2.24) is 0 Å². The van der Waals surface area contributed by atoms with Gasteiger partial charge in [0.1, 0.15) is 0 Å². The fourth-order valence-corrected chi connectivity index (χ4v) is 5.13. The van der Waals surface area contributed by atoms with Crippen molar-refractivity contribution in [3.05, 3.63) is 0 Å². The molecule has 0 fully saturated rings. The molecule has 210 valence electrons. The Balaban J connectivity index is 3.63. The van der Waals surface area contributed by atoms with Crippen molar-refractivity contribution in [1.29, 1.82) is 0 Å². The van der Waals surface area contributed by atoms with Crippen LogP contribution in [-0.2, 0) is 9.53 Å². The molecule has 1 atom stereocenters. The quantitative estimate of drug-likeness (QED) is 0.0763. The minimum Gasteiger partial charge on any atom is -0.465 e. The number of carbonyl (C=O) groups is 1. The van der Waals surface area contributed by atoms with Crippen molar-refractivity contribution in [3.8, 4) is 0 Å². The highest BCUT2D eigenvalue weighted by Crippen LogP contribution is 2.20. The first-order valence-corrected chi connectivity index (χ1v) is 16.4. The average Bonchev–Trinajstić information content (AvgIpc) is 2.86. The predicted octanol–water partition coefficient (Wildman–Crippen LogP) is 11.7. The van der Waals surface area contributed by atoms with E-state index in [1.807, 2.05) is 0 Å². The van der Waals surface area contributed by atoms with Gasteiger partial charge in [0.15, 0.2) is 0 Å². The molecule has 0 saturated heterocycles. The van der Waals surface area contributed by atoms with E-state index in [0.717, 1.165) is 6.42 Å². The van der Waals surface area contributed by atoms with E-state index in [-0.39, 0.29) is 5.97 Å². The number of hydrogen-bond donors (Lipinski definition) is 0. The maximum atomic E-state index is 12.3. The van der Waals surface area contributed by atoms with Crippen LogP contribution in [0.3, 0.4) is 0 Å². The normalized spacial score (nSPS) is 12.2. The third kappa shape index (κ3) is 27.9. The summed E-state index contributed by atoms with van der Waals surface area (Å²) >= 11 is 0. The number of rotatable bonds is 29. The Kier molecular flexibility index (Phi) is 29.2. The first-order chi connectivity index (χ1) is 17.2. The number of hydrogen-bond acceptors (Lipinski definition) is 2. The van der Waals surface area contributed by atoms with Gasteiger partial charge >= 0.3 is 5.97 Å². The van der Waals surface area contributed by atoms with Gasteiger partial charge < -0.3 is 4.74 Å². The number of esters is 1. The van der Waals surface area contributed by atoms with Crippen LogP contribution in [-0.4, -0.2) is 12.6 Å². The lowest BCUT2D eigenvalue weighted by molar-refractivity contribution is -0.145. The zero-order chi connectivity index (χ0) is 25.7. The molecular weight excluding hydrogens is 428 g/mol. The Morgan fingerprint density at radius 2 is 0.771 bits per heavy atom. The van der Waals surface area contributed by atoms with Crippen molar-refractivity contribution in [2.75, 3.05) is 6.61 Å². The zero-order valence-corrected chi connectivity index (χ0v) is 24.7. The number of unbranched alkanes of at least 4 members (excludes halogenated alkanes) is 21. The molecule has 35 heavy (non-hydrogen) atoms. The maximum Gasteiger partial charge on any atom is 0.305 e. The fraction of sp³-hybridized carbons (Fsp3) is 0.970. The summed E-state index contributed by atoms with van der Waals surface area (Å²) < 4.78 is 5.72. The van der Waals surface area contributed by atoms with Crippen LogP contribution in [0.25, 0.3) is 0 Å². The van der Waals surface area contributed by atoms with Crippen LogP contribution in [0.5, 0.6) is 0 Å². The topological polar surface area (TPSA) is 26.3 Å². The van der Waals surface area contributed by atoms with Gasteiger partial charge in [0.25, 0.3) is 0 Å². The maximum absolute atomic E-state index is 12.3. The van der Waals surface area contributed by atoms with Crippen molar-refractivity contribution in [2.45, 2.75) is 194 Å². The minimum absolute atomic E-state index is 0.0456. The van der Waals surface area contributed by atoms with Crippen LogP contribution >= 0.6 is 0 Å². The van der Waals surface area contributed by atoms with Crippen molar-refractivity contribution >= 4 is 5.97 Å².